The van der Waals surface area contributed by atoms with E-state index in [2.05, 4.69) is 20.0 Å². The van der Waals surface area contributed by atoms with E-state index in [1.54, 1.807) is 40.7 Å². The quantitative estimate of drug-likeness (QED) is 0.719. The summed E-state index contributed by atoms with van der Waals surface area (Å²) in [6.07, 6.45) is -0.685. The minimum Gasteiger partial charge on any atom is -0.444 e. The number of amides is 1. The first-order chi connectivity index (χ1) is 11.9. The Morgan fingerprint density at radius 1 is 1.19 bits per heavy atom. The van der Waals surface area contributed by atoms with Gasteiger partial charge in [-0.3, -0.25) is 10.0 Å². The maximum atomic E-state index is 12.5. The topological polar surface area (TPSA) is 136 Å². The molecule has 0 aliphatic rings. The van der Waals surface area contributed by atoms with Gasteiger partial charge in [-0.05, 0) is 52.3 Å². The van der Waals surface area contributed by atoms with Crippen LogP contribution in [0.1, 0.15) is 32.0 Å². The number of aromatic nitrogens is 2. The molecule has 142 valence electrons. The van der Waals surface area contributed by atoms with Crippen LogP contribution >= 0.6 is 11.3 Å². The first-order valence-corrected chi connectivity index (χ1v) is 9.90. The van der Waals surface area contributed by atoms with Crippen LogP contribution in [0.2, 0.25) is 0 Å². The van der Waals surface area contributed by atoms with Crippen molar-refractivity contribution in [3.05, 3.63) is 23.4 Å². The van der Waals surface area contributed by atoms with Crippen LogP contribution in [0, 0.1) is 13.8 Å². The van der Waals surface area contributed by atoms with Crippen molar-refractivity contribution in [2.75, 3.05) is 15.8 Å². The van der Waals surface area contributed by atoms with Crippen molar-refractivity contribution in [1.82, 2.24) is 9.97 Å². The molecular weight excluding hydrogens is 378 g/mol. The first kappa shape index (κ1) is 19.9. The lowest BCUT2D eigenvalue weighted by Crippen LogP contribution is -2.27. The Labute approximate surface area is 156 Å². The number of carbonyl (C=O) groups excluding carboxylic acids is 1. The molecule has 26 heavy (non-hydrogen) atoms. The lowest BCUT2D eigenvalue weighted by Gasteiger charge is -2.19. The molecule has 11 heteroatoms. The second-order valence-corrected chi connectivity index (χ2v) is 9.48. The molecule has 0 fully saturated rings. The van der Waals surface area contributed by atoms with Crippen LogP contribution in [0.25, 0.3) is 0 Å². The molecule has 0 bridgehead atoms. The molecule has 0 spiro atoms. The number of nitrogen functional groups attached to an aromatic ring is 1. The van der Waals surface area contributed by atoms with Crippen molar-refractivity contribution in [1.29, 1.82) is 0 Å². The van der Waals surface area contributed by atoms with E-state index >= 15 is 0 Å². The van der Waals surface area contributed by atoms with Gasteiger partial charge in [-0.1, -0.05) is 11.3 Å². The highest BCUT2D eigenvalue weighted by atomic mass is 32.2. The molecule has 2 aromatic rings. The smallest absolute Gasteiger partial charge is 0.413 e. The van der Waals surface area contributed by atoms with Crippen LogP contribution in [0.5, 0.6) is 0 Å². The summed E-state index contributed by atoms with van der Waals surface area (Å²) in [7, 11) is -3.89. The Bertz CT molecular complexity index is 932. The molecule has 9 nitrogen and oxygen atoms in total. The Morgan fingerprint density at radius 2 is 1.81 bits per heavy atom. The molecule has 0 aliphatic carbocycles. The van der Waals surface area contributed by atoms with Gasteiger partial charge >= 0.3 is 6.09 Å². The van der Waals surface area contributed by atoms with E-state index < -0.39 is 21.7 Å². The molecular formula is C15H21N5O4S2. The number of hydrogen-bond acceptors (Lipinski definition) is 8. The summed E-state index contributed by atoms with van der Waals surface area (Å²) in [5, 5.41) is 2.64. The number of aryl methyl sites for hydroxylation is 2. The zero-order valence-corrected chi connectivity index (χ0v) is 16.7. The van der Waals surface area contributed by atoms with Crippen LogP contribution in [-0.4, -0.2) is 30.1 Å². The number of nitrogens with zero attached hydrogens (tertiary/aromatic N) is 2. The Hall–Kier alpha value is -2.40. The fourth-order valence-electron chi connectivity index (χ4n) is 2.03. The van der Waals surface area contributed by atoms with Gasteiger partial charge in [-0.25, -0.2) is 23.2 Å². The predicted molar refractivity (Wildman–Crippen MR) is 101 cm³/mol. The number of sulfonamides is 1. The van der Waals surface area contributed by atoms with E-state index in [9.17, 15) is 13.2 Å². The minimum atomic E-state index is -3.89. The summed E-state index contributed by atoms with van der Waals surface area (Å²) in [6.45, 7) is 8.51. The number of carbonyl (C=O) groups is 1. The predicted octanol–water partition coefficient (Wildman–Crippen LogP) is 2.88. The van der Waals surface area contributed by atoms with Crippen molar-refractivity contribution in [2.45, 2.75) is 44.4 Å². The molecule has 0 unspecified atom stereocenters. The maximum absolute atomic E-state index is 12.5. The van der Waals surface area contributed by atoms with Crippen molar-refractivity contribution in [3.63, 3.8) is 0 Å². The van der Waals surface area contributed by atoms with Crippen LogP contribution in [0.15, 0.2) is 16.3 Å². The van der Waals surface area contributed by atoms with E-state index in [0.717, 1.165) is 11.3 Å². The number of nitrogens with two attached hydrogens (primary N) is 1. The second kappa shape index (κ2) is 7.08. The van der Waals surface area contributed by atoms with E-state index in [-0.39, 0.29) is 21.0 Å². The van der Waals surface area contributed by atoms with Crippen molar-refractivity contribution < 1.29 is 17.9 Å². The SMILES string of the molecule is Cc1cc(NC(=O)OC(C)(C)C)nc(NS(=O)(=O)c2sc(N)nc2C)c1. The molecule has 0 saturated heterocycles. The fourth-order valence-corrected chi connectivity index (χ4v) is 4.32. The second-order valence-electron chi connectivity index (χ2n) is 6.57. The van der Waals surface area contributed by atoms with Crippen molar-refractivity contribution >= 4 is 44.2 Å². The van der Waals surface area contributed by atoms with Crippen molar-refractivity contribution in [2.24, 2.45) is 0 Å². The lowest BCUT2D eigenvalue weighted by molar-refractivity contribution is 0.0635. The number of ether oxygens (including phenoxy) is 1. The third kappa shape index (κ3) is 5.30. The summed E-state index contributed by atoms with van der Waals surface area (Å²) in [4.78, 5) is 19.9. The summed E-state index contributed by atoms with van der Waals surface area (Å²) >= 11 is 0.865. The number of hydrogen-bond donors (Lipinski definition) is 3. The molecule has 4 N–H and O–H groups in total. The molecule has 0 aromatic carbocycles. The van der Waals surface area contributed by atoms with Gasteiger partial charge in [-0.2, -0.15) is 0 Å². The highest BCUT2D eigenvalue weighted by molar-refractivity contribution is 7.94. The Kier molecular flexibility index (Phi) is 5.42. The summed E-state index contributed by atoms with van der Waals surface area (Å²) in [6, 6.07) is 3.13. The zero-order chi connectivity index (χ0) is 19.7. The number of rotatable bonds is 4. The van der Waals surface area contributed by atoms with Gasteiger partial charge in [0.2, 0.25) is 0 Å². The van der Waals surface area contributed by atoms with Crippen LogP contribution in [-0.2, 0) is 14.8 Å². The average molecular weight is 399 g/mol. The third-order valence-corrected chi connectivity index (χ3v) is 5.80. The van der Waals surface area contributed by atoms with Gasteiger partial charge in [0.25, 0.3) is 10.0 Å². The highest BCUT2D eigenvalue weighted by Gasteiger charge is 2.22. The largest absolute Gasteiger partial charge is 0.444 e. The number of anilines is 3. The van der Waals surface area contributed by atoms with Gasteiger partial charge in [0.15, 0.2) is 9.34 Å². The summed E-state index contributed by atoms with van der Waals surface area (Å²) in [5.41, 5.74) is 5.90. The number of thiazole rings is 1. The molecule has 2 aromatic heterocycles. The minimum absolute atomic E-state index is 0.0138. The van der Waals surface area contributed by atoms with Gasteiger partial charge in [0.05, 0.1) is 5.69 Å². The first-order valence-electron chi connectivity index (χ1n) is 7.60. The molecule has 0 aliphatic heterocycles. The Morgan fingerprint density at radius 3 is 2.35 bits per heavy atom. The molecule has 1 amide bonds. The standard InChI is InChI=1S/C15H21N5O4S2/c1-8-6-10(19-14(21)24-15(3,4)5)18-11(7-8)20-26(22,23)12-9(2)17-13(16)25-12/h6-7H,1-5H3,(H2,16,17)(H2,18,19,20,21). The van der Waals surface area contributed by atoms with E-state index in [4.69, 9.17) is 10.5 Å². The third-order valence-electron chi connectivity index (χ3n) is 2.85. The summed E-state index contributed by atoms with van der Waals surface area (Å²) in [5.74, 6) is 0.222. The fraction of sp³-hybridized carbons (Fsp3) is 0.400. The Balaban J connectivity index is 2.24. The van der Waals surface area contributed by atoms with E-state index in [1.807, 2.05) is 0 Å². The number of pyridine rings is 1. The van der Waals surface area contributed by atoms with Gasteiger partial charge < -0.3 is 10.5 Å². The van der Waals surface area contributed by atoms with Gasteiger partial charge in [-0.15, -0.1) is 0 Å². The zero-order valence-electron chi connectivity index (χ0n) is 15.1. The monoisotopic (exact) mass is 399 g/mol. The molecule has 2 rings (SSSR count). The molecule has 0 radical (unpaired) electrons. The van der Waals surface area contributed by atoms with Gasteiger partial charge in [0, 0.05) is 0 Å². The van der Waals surface area contributed by atoms with Crippen molar-refractivity contribution in [3.8, 4) is 0 Å². The van der Waals surface area contributed by atoms with Crippen LogP contribution < -0.4 is 15.8 Å². The van der Waals surface area contributed by atoms with E-state index in [1.165, 1.54) is 6.07 Å². The van der Waals surface area contributed by atoms with Gasteiger partial charge in [0.1, 0.15) is 17.2 Å². The molecule has 2 heterocycles. The van der Waals surface area contributed by atoms with Crippen LogP contribution in [0.4, 0.5) is 21.6 Å². The molecule has 0 atom stereocenters. The summed E-state index contributed by atoms with van der Waals surface area (Å²) < 4.78 is 32.6. The van der Waals surface area contributed by atoms with Crippen LogP contribution in [0.3, 0.4) is 0 Å². The lowest BCUT2D eigenvalue weighted by atomic mass is 10.2. The number of nitrogens with one attached hydrogen (secondary N) is 2. The average Bonchev–Trinajstić information content (AvgIpc) is 2.74. The van der Waals surface area contributed by atoms with E-state index in [0.29, 0.717) is 11.3 Å². The highest BCUT2D eigenvalue weighted by Crippen LogP contribution is 2.27. The normalized spacial score (nSPS) is 11.9. The molecule has 0 saturated carbocycles. The maximum Gasteiger partial charge on any atom is 0.413 e.